The summed E-state index contributed by atoms with van der Waals surface area (Å²) in [5.41, 5.74) is 0. The van der Waals surface area contributed by atoms with Gasteiger partial charge in [-0.05, 0) is 22.9 Å². The van der Waals surface area contributed by atoms with Crippen molar-refractivity contribution in [1.82, 2.24) is 14.5 Å². The Kier molecular flexibility index (Phi) is 6.51. The first-order valence-corrected chi connectivity index (χ1v) is 11.0. The van der Waals surface area contributed by atoms with Gasteiger partial charge in [0.25, 0.3) is 5.91 Å². The summed E-state index contributed by atoms with van der Waals surface area (Å²) in [5.74, 6) is -0.350. The van der Waals surface area contributed by atoms with Crippen molar-refractivity contribution in [1.29, 1.82) is 0 Å². The Balaban J connectivity index is 1.60. The van der Waals surface area contributed by atoms with Crippen LogP contribution in [-0.2, 0) is 19.6 Å². The molecule has 2 aromatic carbocycles. The number of nitrogens with zero attached hydrogens (tertiary/aromatic N) is 2. The fourth-order valence-electron chi connectivity index (χ4n) is 3.43. The van der Waals surface area contributed by atoms with Gasteiger partial charge in [0.05, 0.1) is 37.6 Å². The molecule has 8 nitrogen and oxygen atoms in total. The van der Waals surface area contributed by atoms with Gasteiger partial charge in [-0.25, -0.2) is 8.42 Å². The van der Waals surface area contributed by atoms with E-state index in [1.54, 1.807) is 19.2 Å². The molecule has 1 aliphatic heterocycles. The van der Waals surface area contributed by atoms with E-state index < -0.39 is 10.0 Å². The zero-order chi connectivity index (χ0) is 21.0. The lowest BCUT2D eigenvalue weighted by Gasteiger charge is -2.32. The fraction of sp³-hybridized carbons (Fsp3) is 0.400. The molecule has 2 amide bonds. The van der Waals surface area contributed by atoms with Crippen LogP contribution < -0.4 is 10.2 Å². The van der Waals surface area contributed by atoms with E-state index in [-0.39, 0.29) is 24.9 Å². The number of rotatable bonds is 6. The Morgan fingerprint density at radius 3 is 2.41 bits per heavy atom. The van der Waals surface area contributed by atoms with E-state index in [2.05, 4.69) is 5.32 Å². The maximum absolute atomic E-state index is 13.0. The standard InChI is InChI=1S/C20H26N4O4S/c1-21-19(25)14-22(2)20(26)15-23-9-11-24(12-10-23)29(27,28)18-8-7-16-5-3-4-6-17(16)13-18/h3-8,13H,9-12,14-15H2,1-2H3,(H,21,25)/p+1. The number of piperazine rings is 1. The number of amides is 2. The van der Waals surface area contributed by atoms with Crippen LogP contribution in [0.15, 0.2) is 47.4 Å². The molecule has 0 saturated carbocycles. The average molecular weight is 420 g/mol. The molecule has 0 atom stereocenters. The Hall–Kier alpha value is -2.49. The smallest absolute Gasteiger partial charge is 0.277 e. The molecule has 0 aliphatic carbocycles. The summed E-state index contributed by atoms with van der Waals surface area (Å²) in [6.45, 7) is 2.08. The molecule has 1 saturated heterocycles. The normalized spacial score (nSPS) is 15.9. The molecule has 0 unspecified atom stereocenters. The number of quaternary nitrogens is 1. The molecule has 1 heterocycles. The molecule has 156 valence electrons. The summed E-state index contributed by atoms with van der Waals surface area (Å²) in [4.78, 5) is 26.4. The maximum Gasteiger partial charge on any atom is 0.277 e. The SMILES string of the molecule is CNC(=O)CN(C)C(=O)C[NH+]1CCN(S(=O)(=O)c2ccc3ccccc3c2)CC1. The fourth-order valence-corrected chi connectivity index (χ4v) is 4.91. The quantitative estimate of drug-likeness (QED) is 0.624. The third-order valence-corrected chi connectivity index (χ3v) is 7.17. The van der Waals surface area contributed by atoms with Crippen LogP contribution in [0.25, 0.3) is 10.8 Å². The van der Waals surface area contributed by atoms with Gasteiger partial charge < -0.3 is 15.1 Å². The molecule has 0 radical (unpaired) electrons. The van der Waals surface area contributed by atoms with Crippen molar-refractivity contribution in [3.63, 3.8) is 0 Å². The van der Waals surface area contributed by atoms with Crippen LogP contribution in [0.3, 0.4) is 0 Å². The number of carbonyl (C=O) groups excluding carboxylic acids is 2. The largest absolute Gasteiger partial charge is 0.358 e. The minimum atomic E-state index is -3.57. The summed E-state index contributed by atoms with van der Waals surface area (Å²) in [7, 11) is -0.446. The number of likely N-dealkylation sites (N-methyl/N-ethyl adjacent to an activating group) is 2. The van der Waals surface area contributed by atoms with Gasteiger partial charge in [-0.15, -0.1) is 0 Å². The van der Waals surface area contributed by atoms with Crippen LogP contribution in [0.4, 0.5) is 0 Å². The summed E-state index contributed by atoms with van der Waals surface area (Å²) in [5, 5.41) is 4.38. The second-order valence-electron chi connectivity index (χ2n) is 7.26. The van der Waals surface area contributed by atoms with Gasteiger partial charge in [0.15, 0.2) is 6.54 Å². The lowest BCUT2D eigenvalue weighted by atomic mass is 10.1. The third kappa shape index (κ3) is 4.92. The van der Waals surface area contributed by atoms with Gasteiger partial charge in [0, 0.05) is 14.1 Å². The van der Waals surface area contributed by atoms with Gasteiger partial charge in [0.2, 0.25) is 15.9 Å². The first kappa shape index (κ1) is 21.2. The van der Waals surface area contributed by atoms with E-state index in [1.807, 2.05) is 30.3 Å². The summed E-state index contributed by atoms with van der Waals surface area (Å²) in [6.07, 6.45) is 0. The van der Waals surface area contributed by atoms with Crippen LogP contribution in [-0.4, -0.2) is 82.8 Å². The molecule has 2 N–H and O–H groups in total. The Morgan fingerprint density at radius 1 is 1.10 bits per heavy atom. The third-order valence-electron chi connectivity index (χ3n) is 5.27. The first-order chi connectivity index (χ1) is 13.8. The van der Waals surface area contributed by atoms with Crippen molar-refractivity contribution < 1.29 is 22.9 Å². The number of nitrogens with one attached hydrogen (secondary N) is 2. The highest BCUT2D eigenvalue weighted by Gasteiger charge is 2.31. The van der Waals surface area contributed by atoms with Crippen LogP contribution >= 0.6 is 0 Å². The van der Waals surface area contributed by atoms with Crippen LogP contribution in [0.2, 0.25) is 0 Å². The van der Waals surface area contributed by atoms with Crippen molar-refractivity contribution in [2.75, 3.05) is 53.4 Å². The van der Waals surface area contributed by atoms with Crippen LogP contribution in [0.5, 0.6) is 0 Å². The van der Waals surface area contributed by atoms with Gasteiger partial charge in [-0.2, -0.15) is 4.31 Å². The molecule has 1 aliphatic rings. The van der Waals surface area contributed by atoms with Crippen molar-refractivity contribution >= 4 is 32.6 Å². The zero-order valence-corrected chi connectivity index (χ0v) is 17.5. The van der Waals surface area contributed by atoms with E-state index in [0.717, 1.165) is 15.7 Å². The minimum absolute atomic E-state index is 0.0189. The minimum Gasteiger partial charge on any atom is -0.358 e. The van der Waals surface area contributed by atoms with E-state index in [4.69, 9.17) is 0 Å². The molecule has 29 heavy (non-hydrogen) atoms. The molecule has 0 bridgehead atoms. The van der Waals surface area contributed by atoms with Crippen molar-refractivity contribution in [3.05, 3.63) is 42.5 Å². The predicted octanol–water partition coefficient (Wildman–Crippen LogP) is -1.07. The van der Waals surface area contributed by atoms with Crippen LogP contribution in [0.1, 0.15) is 0 Å². The number of sulfonamides is 1. The van der Waals surface area contributed by atoms with Crippen LogP contribution in [0, 0.1) is 0 Å². The number of hydrogen-bond donors (Lipinski definition) is 2. The highest BCUT2D eigenvalue weighted by molar-refractivity contribution is 7.89. The Bertz CT molecular complexity index is 1000. The number of benzene rings is 2. The van der Waals surface area contributed by atoms with E-state index in [9.17, 15) is 18.0 Å². The highest BCUT2D eigenvalue weighted by atomic mass is 32.2. The summed E-state index contributed by atoms with van der Waals surface area (Å²) < 4.78 is 27.5. The van der Waals surface area contributed by atoms with Crippen molar-refractivity contribution in [2.45, 2.75) is 4.90 Å². The highest BCUT2D eigenvalue weighted by Crippen LogP contribution is 2.21. The monoisotopic (exact) mass is 419 g/mol. The second-order valence-corrected chi connectivity index (χ2v) is 9.20. The molecular weight excluding hydrogens is 392 g/mol. The van der Waals surface area contributed by atoms with E-state index >= 15 is 0 Å². The predicted molar refractivity (Wildman–Crippen MR) is 110 cm³/mol. The molecule has 0 aromatic heterocycles. The van der Waals surface area contributed by atoms with Gasteiger partial charge in [-0.3, -0.25) is 9.59 Å². The summed E-state index contributed by atoms with van der Waals surface area (Å²) in [6, 6.07) is 12.8. The molecule has 2 aromatic rings. The molecule has 3 rings (SSSR count). The van der Waals surface area contributed by atoms with E-state index in [1.165, 1.54) is 16.3 Å². The Labute approximate surface area is 171 Å². The van der Waals surface area contributed by atoms with Gasteiger partial charge in [-0.1, -0.05) is 30.3 Å². The second kappa shape index (κ2) is 8.89. The number of fused-ring (bicyclic) bond motifs is 1. The van der Waals surface area contributed by atoms with Crippen molar-refractivity contribution in [3.8, 4) is 0 Å². The molecular formula is C20H27N4O4S+. The first-order valence-electron chi connectivity index (χ1n) is 9.58. The van der Waals surface area contributed by atoms with Crippen molar-refractivity contribution in [2.24, 2.45) is 0 Å². The van der Waals surface area contributed by atoms with Gasteiger partial charge in [0.1, 0.15) is 0 Å². The topological polar surface area (TPSA) is 91.2 Å². The summed E-state index contributed by atoms with van der Waals surface area (Å²) >= 11 is 0. The lowest BCUT2D eigenvalue weighted by Crippen LogP contribution is -3.15. The maximum atomic E-state index is 13.0. The zero-order valence-electron chi connectivity index (χ0n) is 16.7. The Morgan fingerprint density at radius 2 is 1.76 bits per heavy atom. The number of carbonyl (C=O) groups is 2. The average Bonchev–Trinajstić information content (AvgIpc) is 2.73. The lowest BCUT2D eigenvalue weighted by molar-refractivity contribution is -0.895. The molecule has 1 fully saturated rings. The van der Waals surface area contributed by atoms with Gasteiger partial charge >= 0.3 is 0 Å². The molecule has 9 heteroatoms. The van der Waals surface area contributed by atoms with E-state index in [0.29, 0.717) is 31.1 Å². The molecule has 0 spiro atoms. The number of hydrogen-bond acceptors (Lipinski definition) is 4.